The van der Waals surface area contributed by atoms with E-state index in [1.807, 2.05) is 0 Å². The lowest BCUT2D eigenvalue weighted by Gasteiger charge is -2.28. The molecule has 4 nitrogen and oxygen atoms in total. The van der Waals surface area contributed by atoms with E-state index in [-0.39, 0.29) is 17.7 Å². The number of hydrogen-bond acceptors (Lipinski definition) is 3. The summed E-state index contributed by atoms with van der Waals surface area (Å²) in [5.74, 6) is 0.674. The first-order valence-corrected chi connectivity index (χ1v) is 7.25. The Balaban J connectivity index is 1.95. The second kappa shape index (κ2) is 6.66. The molecule has 2 atom stereocenters. The van der Waals surface area contributed by atoms with Crippen LogP contribution in [0.3, 0.4) is 0 Å². The fourth-order valence-corrected chi connectivity index (χ4v) is 2.58. The Labute approximate surface area is 119 Å². The summed E-state index contributed by atoms with van der Waals surface area (Å²) < 4.78 is 0. The van der Waals surface area contributed by atoms with E-state index in [4.69, 9.17) is 0 Å². The number of piperidine rings is 1. The van der Waals surface area contributed by atoms with Crippen LogP contribution in [0, 0.1) is 5.92 Å². The van der Waals surface area contributed by atoms with Gasteiger partial charge in [-0.1, -0.05) is 13.3 Å². The number of hydrogen-bond donors (Lipinski definition) is 2. The molecule has 0 spiro atoms. The van der Waals surface area contributed by atoms with Gasteiger partial charge in [0, 0.05) is 11.3 Å². The summed E-state index contributed by atoms with van der Waals surface area (Å²) in [6.45, 7) is 4.61. The standard InChI is InChI=1S/C16H22N2O2/c1-3-12-8-9-17-15(10-12)16(20)18-14-6-4-13(5-7-14)11(2)19/h4-7,12,15,17H,3,8-10H2,1-2H3,(H,18,20). The molecule has 1 aromatic rings. The molecule has 0 saturated carbocycles. The van der Waals surface area contributed by atoms with Crippen molar-refractivity contribution in [2.75, 3.05) is 11.9 Å². The third-order valence-corrected chi connectivity index (χ3v) is 3.97. The van der Waals surface area contributed by atoms with Gasteiger partial charge < -0.3 is 10.6 Å². The minimum atomic E-state index is -0.110. The molecule has 20 heavy (non-hydrogen) atoms. The van der Waals surface area contributed by atoms with E-state index in [1.165, 1.54) is 6.92 Å². The van der Waals surface area contributed by atoms with E-state index in [0.717, 1.165) is 31.5 Å². The average Bonchev–Trinajstić information content (AvgIpc) is 2.47. The highest BCUT2D eigenvalue weighted by molar-refractivity contribution is 5.97. The Morgan fingerprint density at radius 1 is 1.30 bits per heavy atom. The Kier molecular flexibility index (Phi) is 4.90. The molecule has 0 aliphatic carbocycles. The first kappa shape index (κ1) is 14.7. The molecule has 1 aliphatic rings. The first-order valence-electron chi connectivity index (χ1n) is 7.25. The predicted octanol–water partition coefficient (Wildman–Crippen LogP) is 2.61. The summed E-state index contributed by atoms with van der Waals surface area (Å²) in [4.78, 5) is 23.4. The van der Waals surface area contributed by atoms with Gasteiger partial charge in [0.05, 0.1) is 6.04 Å². The fraction of sp³-hybridized carbons (Fsp3) is 0.500. The fourth-order valence-electron chi connectivity index (χ4n) is 2.58. The largest absolute Gasteiger partial charge is 0.325 e. The van der Waals surface area contributed by atoms with Gasteiger partial charge in [0.25, 0.3) is 0 Å². The van der Waals surface area contributed by atoms with Crippen molar-refractivity contribution < 1.29 is 9.59 Å². The van der Waals surface area contributed by atoms with Gasteiger partial charge in [-0.15, -0.1) is 0 Å². The minimum Gasteiger partial charge on any atom is -0.325 e. The lowest BCUT2D eigenvalue weighted by molar-refractivity contribution is -0.119. The van der Waals surface area contributed by atoms with Crippen molar-refractivity contribution in [2.45, 2.75) is 39.2 Å². The molecule has 1 amide bonds. The molecular weight excluding hydrogens is 252 g/mol. The monoisotopic (exact) mass is 274 g/mol. The average molecular weight is 274 g/mol. The smallest absolute Gasteiger partial charge is 0.241 e. The maximum absolute atomic E-state index is 12.2. The molecule has 1 aromatic carbocycles. The van der Waals surface area contributed by atoms with Crippen LogP contribution < -0.4 is 10.6 Å². The second-order valence-electron chi connectivity index (χ2n) is 5.43. The van der Waals surface area contributed by atoms with E-state index in [2.05, 4.69) is 17.6 Å². The lowest BCUT2D eigenvalue weighted by Crippen LogP contribution is -2.46. The highest BCUT2D eigenvalue weighted by Gasteiger charge is 2.25. The van der Waals surface area contributed by atoms with Gasteiger partial charge in [-0.05, 0) is 56.5 Å². The number of carbonyl (C=O) groups is 2. The zero-order chi connectivity index (χ0) is 14.5. The van der Waals surface area contributed by atoms with Crippen LogP contribution in [-0.4, -0.2) is 24.3 Å². The Morgan fingerprint density at radius 2 is 2.00 bits per heavy atom. The van der Waals surface area contributed by atoms with Gasteiger partial charge in [0.1, 0.15) is 0 Å². The molecule has 2 unspecified atom stereocenters. The summed E-state index contributed by atoms with van der Waals surface area (Å²) in [7, 11) is 0. The molecule has 0 aromatic heterocycles. The minimum absolute atomic E-state index is 0.0127. The molecule has 1 saturated heterocycles. The van der Waals surface area contributed by atoms with Crippen molar-refractivity contribution in [3.8, 4) is 0 Å². The van der Waals surface area contributed by atoms with Crippen LogP contribution in [0.25, 0.3) is 0 Å². The second-order valence-corrected chi connectivity index (χ2v) is 5.43. The lowest BCUT2D eigenvalue weighted by atomic mass is 9.90. The number of amides is 1. The van der Waals surface area contributed by atoms with E-state index >= 15 is 0 Å². The summed E-state index contributed by atoms with van der Waals surface area (Å²) in [6.07, 6.45) is 3.17. The number of anilines is 1. The Morgan fingerprint density at radius 3 is 2.60 bits per heavy atom. The number of rotatable bonds is 4. The summed E-state index contributed by atoms with van der Waals surface area (Å²) >= 11 is 0. The zero-order valence-corrected chi connectivity index (χ0v) is 12.1. The zero-order valence-electron chi connectivity index (χ0n) is 12.1. The highest BCUT2D eigenvalue weighted by Crippen LogP contribution is 2.20. The van der Waals surface area contributed by atoms with Crippen LogP contribution in [0.15, 0.2) is 24.3 Å². The van der Waals surface area contributed by atoms with Gasteiger partial charge in [-0.3, -0.25) is 9.59 Å². The van der Waals surface area contributed by atoms with Crippen LogP contribution in [0.5, 0.6) is 0 Å². The maximum atomic E-state index is 12.2. The summed E-state index contributed by atoms with van der Waals surface area (Å²) in [6, 6.07) is 6.91. The van der Waals surface area contributed by atoms with Crippen molar-refractivity contribution in [3.63, 3.8) is 0 Å². The number of benzene rings is 1. The van der Waals surface area contributed by atoms with Crippen molar-refractivity contribution in [2.24, 2.45) is 5.92 Å². The van der Waals surface area contributed by atoms with Crippen LogP contribution in [-0.2, 0) is 4.79 Å². The number of carbonyl (C=O) groups excluding carboxylic acids is 2. The van der Waals surface area contributed by atoms with Crippen molar-refractivity contribution in [3.05, 3.63) is 29.8 Å². The molecule has 1 aliphatic heterocycles. The third kappa shape index (κ3) is 3.67. The number of Topliss-reactive ketones (excluding diaryl/α,β-unsaturated/α-hetero) is 1. The van der Waals surface area contributed by atoms with E-state index in [9.17, 15) is 9.59 Å². The van der Waals surface area contributed by atoms with Crippen molar-refractivity contribution >= 4 is 17.4 Å². The molecule has 0 bridgehead atoms. The molecule has 1 fully saturated rings. The third-order valence-electron chi connectivity index (χ3n) is 3.97. The van der Waals surface area contributed by atoms with Gasteiger partial charge in [0.15, 0.2) is 5.78 Å². The van der Waals surface area contributed by atoms with Crippen molar-refractivity contribution in [1.29, 1.82) is 0 Å². The van der Waals surface area contributed by atoms with E-state index in [0.29, 0.717) is 11.5 Å². The molecule has 2 rings (SSSR count). The van der Waals surface area contributed by atoms with Crippen LogP contribution >= 0.6 is 0 Å². The number of nitrogens with one attached hydrogen (secondary N) is 2. The predicted molar refractivity (Wildman–Crippen MR) is 79.9 cm³/mol. The van der Waals surface area contributed by atoms with Crippen LogP contribution in [0.1, 0.15) is 43.5 Å². The van der Waals surface area contributed by atoms with E-state index < -0.39 is 0 Å². The van der Waals surface area contributed by atoms with Crippen molar-refractivity contribution in [1.82, 2.24) is 5.32 Å². The Bertz CT molecular complexity index is 482. The summed E-state index contributed by atoms with van der Waals surface area (Å²) in [5, 5.41) is 6.18. The maximum Gasteiger partial charge on any atom is 0.241 e. The molecule has 2 N–H and O–H groups in total. The highest BCUT2D eigenvalue weighted by atomic mass is 16.2. The number of ketones is 1. The molecule has 0 radical (unpaired) electrons. The quantitative estimate of drug-likeness (QED) is 0.830. The summed E-state index contributed by atoms with van der Waals surface area (Å²) in [5.41, 5.74) is 1.39. The van der Waals surface area contributed by atoms with Gasteiger partial charge in [-0.25, -0.2) is 0 Å². The molecular formula is C16H22N2O2. The molecule has 1 heterocycles. The van der Waals surface area contributed by atoms with Gasteiger partial charge in [-0.2, -0.15) is 0 Å². The molecule has 4 heteroatoms. The van der Waals surface area contributed by atoms with Crippen LogP contribution in [0.2, 0.25) is 0 Å². The normalized spacial score (nSPS) is 22.3. The van der Waals surface area contributed by atoms with Gasteiger partial charge in [0.2, 0.25) is 5.91 Å². The van der Waals surface area contributed by atoms with Crippen LogP contribution in [0.4, 0.5) is 5.69 Å². The topological polar surface area (TPSA) is 58.2 Å². The SMILES string of the molecule is CCC1CCNC(C(=O)Nc2ccc(C(C)=O)cc2)C1. The van der Waals surface area contributed by atoms with E-state index in [1.54, 1.807) is 24.3 Å². The molecule has 108 valence electrons. The first-order chi connectivity index (χ1) is 9.60. The van der Waals surface area contributed by atoms with Gasteiger partial charge >= 0.3 is 0 Å². The Hall–Kier alpha value is -1.68.